The Labute approximate surface area is 77.2 Å². The molecule has 2 aliphatic rings. The maximum atomic E-state index is 10.6. The third kappa shape index (κ3) is 0.983. The molecule has 0 aromatic heterocycles. The minimum atomic E-state index is -1.18. The molecule has 0 unspecified atom stereocenters. The molecule has 2 N–H and O–H groups in total. The normalized spacial score (nSPS) is 29.8. The summed E-state index contributed by atoms with van der Waals surface area (Å²) in [6, 6.07) is -0.450. The number of fused-ring (bicyclic) bond motifs is 1. The van der Waals surface area contributed by atoms with Crippen molar-refractivity contribution < 1.29 is 19.8 Å². The maximum absolute atomic E-state index is 10.6. The van der Waals surface area contributed by atoms with E-state index in [-0.39, 0.29) is 16.4 Å². The first-order chi connectivity index (χ1) is 6.13. The molecule has 0 aromatic carbocycles. The van der Waals surface area contributed by atoms with E-state index in [0.717, 1.165) is 0 Å². The van der Waals surface area contributed by atoms with Gasteiger partial charge in [-0.15, -0.1) is 11.8 Å². The summed E-state index contributed by atoms with van der Waals surface area (Å²) in [4.78, 5) is 25.2. The fraction of sp³-hybridized carbons (Fsp3) is 0.286. The summed E-state index contributed by atoms with van der Waals surface area (Å²) < 4.78 is 0. The van der Waals surface area contributed by atoms with Crippen molar-refractivity contribution in [3.05, 3.63) is 11.1 Å². The molecule has 0 saturated carbocycles. The van der Waals surface area contributed by atoms with Crippen LogP contribution in [0.1, 0.15) is 0 Å². The zero-order chi connectivity index (χ0) is 9.59. The van der Waals surface area contributed by atoms with Gasteiger partial charge in [0.25, 0.3) is 0 Å². The number of aliphatic carboxylic acids is 2. The lowest BCUT2D eigenvalue weighted by Crippen LogP contribution is -2.41. The smallest absolute Gasteiger partial charge is 0.334 e. The van der Waals surface area contributed by atoms with Crippen molar-refractivity contribution in [3.8, 4) is 0 Å². The first kappa shape index (κ1) is 8.31. The third-order valence-corrected chi connectivity index (χ3v) is 3.08. The van der Waals surface area contributed by atoms with Crippen LogP contribution < -0.4 is 0 Å². The quantitative estimate of drug-likeness (QED) is 0.652. The summed E-state index contributed by atoms with van der Waals surface area (Å²) in [6.45, 7) is 0. The van der Waals surface area contributed by atoms with Gasteiger partial charge in [0, 0.05) is 0 Å². The van der Waals surface area contributed by atoms with Crippen LogP contribution in [0.4, 0.5) is 0 Å². The SMILES string of the molecule is O=C(O)C1=C(C(=O)O)[C@@H]2N=CS[C@H]12. The molecule has 1 aliphatic heterocycles. The Bertz CT molecular complexity index is 360. The number of carbonyl (C=O) groups is 2. The van der Waals surface area contributed by atoms with E-state index in [1.54, 1.807) is 0 Å². The zero-order valence-electron chi connectivity index (χ0n) is 6.30. The Morgan fingerprint density at radius 2 is 1.92 bits per heavy atom. The summed E-state index contributed by atoms with van der Waals surface area (Å²) in [6.07, 6.45) is 0. The number of carboxylic acids is 2. The predicted octanol–water partition coefficient (Wildman–Crippen LogP) is -0.0219. The van der Waals surface area contributed by atoms with Gasteiger partial charge in [-0.1, -0.05) is 0 Å². The number of hydrogen-bond acceptors (Lipinski definition) is 4. The van der Waals surface area contributed by atoms with E-state index in [4.69, 9.17) is 10.2 Å². The van der Waals surface area contributed by atoms with Crippen molar-refractivity contribution in [3.63, 3.8) is 0 Å². The van der Waals surface area contributed by atoms with E-state index in [0.29, 0.717) is 0 Å². The van der Waals surface area contributed by atoms with Crippen LogP contribution >= 0.6 is 11.8 Å². The molecule has 0 fully saturated rings. The molecule has 0 amide bonds. The van der Waals surface area contributed by atoms with Crippen LogP contribution in [0.3, 0.4) is 0 Å². The van der Waals surface area contributed by atoms with E-state index in [1.165, 1.54) is 17.3 Å². The first-order valence-electron chi connectivity index (χ1n) is 3.50. The highest BCUT2D eigenvalue weighted by Gasteiger charge is 2.49. The molecule has 0 aromatic rings. The van der Waals surface area contributed by atoms with Crippen molar-refractivity contribution in [1.82, 2.24) is 0 Å². The summed E-state index contributed by atoms with van der Waals surface area (Å²) in [5, 5.41) is 17.1. The van der Waals surface area contributed by atoms with Crippen molar-refractivity contribution >= 4 is 29.2 Å². The van der Waals surface area contributed by atoms with Crippen molar-refractivity contribution in [2.75, 3.05) is 0 Å². The van der Waals surface area contributed by atoms with Gasteiger partial charge in [0.05, 0.1) is 28.0 Å². The second-order valence-corrected chi connectivity index (χ2v) is 3.68. The van der Waals surface area contributed by atoms with Crippen LogP contribution in [0.15, 0.2) is 16.1 Å². The fourth-order valence-corrected chi connectivity index (χ4v) is 2.52. The number of thioether (sulfide) groups is 1. The van der Waals surface area contributed by atoms with Crippen molar-refractivity contribution in [2.45, 2.75) is 11.3 Å². The summed E-state index contributed by atoms with van der Waals surface area (Å²) in [7, 11) is 0. The van der Waals surface area contributed by atoms with Crippen LogP contribution in [0.5, 0.6) is 0 Å². The highest BCUT2D eigenvalue weighted by Crippen LogP contribution is 2.43. The molecule has 68 valence electrons. The first-order valence-corrected chi connectivity index (χ1v) is 4.45. The van der Waals surface area contributed by atoms with Gasteiger partial charge in [0.2, 0.25) is 0 Å². The number of hydrogen-bond donors (Lipinski definition) is 2. The minimum Gasteiger partial charge on any atom is -0.478 e. The highest BCUT2D eigenvalue weighted by molar-refractivity contribution is 8.13. The van der Waals surface area contributed by atoms with Gasteiger partial charge < -0.3 is 10.2 Å². The lowest BCUT2D eigenvalue weighted by molar-refractivity contribution is -0.137. The Morgan fingerprint density at radius 1 is 1.31 bits per heavy atom. The number of aliphatic imine (C=N–C) groups is 1. The molecular formula is C7H5NO4S. The van der Waals surface area contributed by atoms with Gasteiger partial charge in [-0.05, 0) is 0 Å². The molecule has 1 aliphatic carbocycles. The molecule has 5 nitrogen and oxygen atoms in total. The lowest BCUT2D eigenvalue weighted by atomic mass is 9.83. The number of nitrogens with zero attached hydrogens (tertiary/aromatic N) is 1. The van der Waals surface area contributed by atoms with Crippen LogP contribution in [0.2, 0.25) is 0 Å². The molecule has 0 bridgehead atoms. The number of rotatable bonds is 2. The van der Waals surface area contributed by atoms with Gasteiger partial charge in [0.1, 0.15) is 0 Å². The van der Waals surface area contributed by atoms with Crippen LogP contribution in [-0.4, -0.2) is 39.0 Å². The molecule has 0 spiro atoms. The summed E-state index contributed by atoms with van der Waals surface area (Å²) >= 11 is 1.26. The Balaban J connectivity index is 2.41. The van der Waals surface area contributed by atoms with Crippen molar-refractivity contribution in [2.24, 2.45) is 4.99 Å². The average Bonchev–Trinajstić information content (AvgIpc) is 2.31. The minimum absolute atomic E-state index is 0.0139. The average molecular weight is 199 g/mol. The molecular weight excluding hydrogens is 194 g/mol. The summed E-state index contributed by atoms with van der Waals surface area (Å²) in [5.41, 5.74) is 1.42. The van der Waals surface area contributed by atoms with Crippen LogP contribution in [-0.2, 0) is 9.59 Å². The molecule has 1 heterocycles. The monoisotopic (exact) mass is 199 g/mol. The van der Waals surface area contributed by atoms with E-state index in [9.17, 15) is 9.59 Å². The molecule has 6 heteroatoms. The maximum Gasteiger partial charge on any atom is 0.334 e. The van der Waals surface area contributed by atoms with Gasteiger partial charge in [-0.3, -0.25) is 4.99 Å². The Kier molecular flexibility index (Phi) is 1.66. The Morgan fingerprint density at radius 3 is 2.46 bits per heavy atom. The fourth-order valence-electron chi connectivity index (χ4n) is 1.47. The van der Waals surface area contributed by atoms with Gasteiger partial charge in [-0.25, -0.2) is 9.59 Å². The van der Waals surface area contributed by atoms with Crippen molar-refractivity contribution in [1.29, 1.82) is 0 Å². The predicted molar refractivity (Wildman–Crippen MR) is 46.0 cm³/mol. The second-order valence-electron chi connectivity index (χ2n) is 2.69. The van der Waals surface area contributed by atoms with Gasteiger partial charge >= 0.3 is 11.9 Å². The van der Waals surface area contributed by atoms with Crippen LogP contribution in [0.25, 0.3) is 0 Å². The van der Waals surface area contributed by atoms with E-state index in [2.05, 4.69) is 4.99 Å². The van der Waals surface area contributed by atoms with Gasteiger partial charge in [0.15, 0.2) is 0 Å². The second kappa shape index (κ2) is 2.59. The molecule has 2 atom stereocenters. The zero-order valence-corrected chi connectivity index (χ0v) is 7.11. The van der Waals surface area contributed by atoms with Gasteiger partial charge in [-0.2, -0.15) is 0 Å². The van der Waals surface area contributed by atoms with E-state index in [1.807, 2.05) is 0 Å². The van der Waals surface area contributed by atoms with E-state index < -0.39 is 18.0 Å². The molecule has 2 rings (SSSR count). The largest absolute Gasteiger partial charge is 0.478 e. The topological polar surface area (TPSA) is 87.0 Å². The molecule has 0 radical (unpaired) electrons. The lowest BCUT2D eigenvalue weighted by Gasteiger charge is -2.29. The van der Waals surface area contributed by atoms with E-state index >= 15 is 0 Å². The highest BCUT2D eigenvalue weighted by atomic mass is 32.2. The molecule has 0 saturated heterocycles. The Hall–Kier alpha value is -1.30. The molecule has 13 heavy (non-hydrogen) atoms. The standard InChI is InChI=1S/C7H5NO4S/c9-6(10)2-3(7(11)12)5-4(2)8-1-13-5/h1,4-5H,(H,9,10)(H,11,12)/t4-,5+/m0/s1. The third-order valence-electron chi connectivity index (χ3n) is 2.05. The summed E-state index contributed by atoms with van der Waals surface area (Å²) in [5.74, 6) is -2.34. The van der Waals surface area contributed by atoms with Crippen LogP contribution in [0, 0.1) is 0 Å². The number of carboxylic acid groups (broad SMARTS) is 2.